The molecule has 0 spiro atoms. The van der Waals surface area contributed by atoms with Gasteiger partial charge in [-0.15, -0.1) is 0 Å². The molecule has 0 saturated carbocycles. The lowest BCUT2D eigenvalue weighted by Gasteiger charge is -2.09. The summed E-state index contributed by atoms with van der Waals surface area (Å²) >= 11 is 0. The third kappa shape index (κ3) is 5.30. The average molecular weight is 359 g/mol. The standard InChI is InChI=1S/C18H18FN3O4/c1-2-26-13-9-7-12(8-10-13)17(24)22-21-16(23)11-20-18(25)14-5-3-4-6-15(14)19/h3-10H,2,11H2,1H3,(H,20,25)(H,21,23)(H,22,24). The van der Waals surface area contributed by atoms with Gasteiger partial charge in [0.15, 0.2) is 0 Å². The van der Waals surface area contributed by atoms with Gasteiger partial charge in [0.2, 0.25) is 0 Å². The van der Waals surface area contributed by atoms with Crippen LogP contribution in [0, 0.1) is 5.82 Å². The molecule has 136 valence electrons. The van der Waals surface area contributed by atoms with Gasteiger partial charge in [-0.2, -0.15) is 0 Å². The monoisotopic (exact) mass is 359 g/mol. The van der Waals surface area contributed by atoms with Crippen LogP contribution in [0.5, 0.6) is 5.75 Å². The summed E-state index contributed by atoms with van der Waals surface area (Å²) < 4.78 is 18.7. The lowest BCUT2D eigenvalue weighted by Crippen LogP contribution is -2.46. The predicted molar refractivity (Wildman–Crippen MR) is 92.0 cm³/mol. The van der Waals surface area contributed by atoms with E-state index in [9.17, 15) is 18.8 Å². The molecule has 2 aromatic carbocycles. The molecule has 2 aromatic rings. The van der Waals surface area contributed by atoms with Crippen molar-refractivity contribution in [1.82, 2.24) is 16.2 Å². The van der Waals surface area contributed by atoms with Crippen molar-refractivity contribution in [2.24, 2.45) is 0 Å². The Kier molecular flexibility index (Phi) is 6.67. The zero-order chi connectivity index (χ0) is 18.9. The Morgan fingerprint density at radius 3 is 2.31 bits per heavy atom. The van der Waals surface area contributed by atoms with E-state index in [4.69, 9.17) is 4.74 Å². The molecule has 0 saturated heterocycles. The number of carbonyl (C=O) groups excluding carboxylic acids is 3. The van der Waals surface area contributed by atoms with Crippen LogP contribution in [0.4, 0.5) is 4.39 Å². The maximum Gasteiger partial charge on any atom is 0.269 e. The van der Waals surface area contributed by atoms with Gasteiger partial charge in [-0.3, -0.25) is 25.2 Å². The molecule has 0 heterocycles. The zero-order valence-corrected chi connectivity index (χ0v) is 14.0. The van der Waals surface area contributed by atoms with Crippen molar-refractivity contribution in [3.05, 3.63) is 65.5 Å². The van der Waals surface area contributed by atoms with E-state index in [1.165, 1.54) is 18.2 Å². The highest BCUT2D eigenvalue weighted by Gasteiger charge is 2.12. The van der Waals surface area contributed by atoms with Gasteiger partial charge in [-0.05, 0) is 43.3 Å². The van der Waals surface area contributed by atoms with Crippen molar-refractivity contribution in [2.75, 3.05) is 13.2 Å². The number of ether oxygens (including phenoxy) is 1. The molecule has 3 amide bonds. The SMILES string of the molecule is CCOc1ccc(C(=O)NNC(=O)CNC(=O)c2ccccc2F)cc1. The van der Waals surface area contributed by atoms with Crippen LogP contribution in [0.3, 0.4) is 0 Å². The molecule has 0 unspecified atom stereocenters. The number of hydrazine groups is 1. The first kappa shape index (κ1) is 18.9. The smallest absolute Gasteiger partial charge is 0.269 e. The van der Waals surface area contributed by atoms with Crippen LogP contribution in [0.1, 0.15) is 27.6 Å². The Balaban J connectivity index is 1.78. The van der Waals surface area contributed by atoms with Gasteiger partial charge in [0, 0.05) is 5.56 Å². The number of carbonyl (C=O) groups is 3. The maximum atomic E-state index is 13.5. The molecule has 0 aliphatic heterocycles. The number of rotatable bonds is 6. The summed E-state index contributed by atoms with van der Waals surface area (Å²) in [5, 5.41) is 2.27. The van der Waals surface area contributed by atoms with Crippen LogP contribution < -0.4 is 20.9 Å². The normalized spacial score (nSPS) is 9.92. The number of benzene rings is 2. The third-order valence-corrected chi connectivity index (χ3v) is 3.27. The van der Waals surface area contributed by atoms with Crippen LogP contribution in [-0.4, -0.2) is 30.9 Å². The average Bonchev–Trinajstić information content (AvgIpc) is 2.65. The molecule has 0 atom stereocenters. The summed E-state index contributed by atoms with van der Waals surface area (Å²) in [7, 11) is 0. The molecule has 2 rings (SSSR count). The minimum atomic E-state index is -0.726. The first-order chi connectivity index (χ1) is 12.5. The molecule has 7 nitrogen and oxygen atoms in total. The van der Waals surface area contributed by atoms with E-state index in [0.29, 0.717) is 17.9 Å². The molecule has 8 heteroatoms. The van der Waals surface area contributed by atoms with E-state index in [-0.39, 0.29) is 5.56 Å². The van der Waals surface area contributed by atoms with Gasteiger partial charge < -0.3 is 10.1 Å². The van der Waals surface area contributed by atoms with Crippen molar-refractivity contribution in [1.29, 1.82) is 0 Å². The third-order valence-electron chi connectivity index (χ3n) is 3.27. The van der Waals surface area contributed by atoms with Gasteiger partial charge in [0.25, 0.3) is 17.7 Å². The lowest BCUT2D eigenvalue weighted by molar-refractivity contribution is -0.120. The van der Waals surface area contributed by atoms with Gasteiger partial charge in [0.1, 0.15) is 11.6 Å². The first-order valence-corrected chi connectivity index (χ1v) is 7.86. The minimum absolute atomic E-state index is 0.168. The number of nitrogens with one attached hydrogen (secondary N) is 3. The fourth-order valence-corrected chi connectivity index (χ4v) is 2.01. The Labute approximate surface area is 149 Å². The molecule has 26 heavy (non-hydrogen) atoms. The first-order valence-electron chi connectivity index (χ1n) is 7.86. The van der Waals surface area contributed by atoms with E-state index in [2.05, 4.69) is 16.2 Å². The van der Waals surface area contributed by atoms with Gasteiger partial charge in [-0.25, -0.2) is 4.39 Å². The number of hydrogen-bond acceptors (Lipinski definition) is 4. The molecule has 0 fully saturated rings. The van der Waals surface area contributed by atoms with Gasteiger partial charge in [-0.1, -0.05) is 12.1 Å². The second kappa shape index (κ2) is 9.16. The highest BCUT2D eigenvalue weighted by Crippen LogP contribution is 2.11. The Bertz CT molecular complexity index is 793. The molecular formula is C18H18FN3O4. The van der Waals surface area contributed by atoms with Crippen molar-refractivity contribution in [3.8, 4) is 5.75 Å². The summed E-state index contributed by atoms with van der Waals surface area (Å²) in [5.41, 5.74) is 4.54. The zero-order valence-electron chi connectivity index (χ0n) is 14.0. The topological polar surface area (TPSA) is 96.5 Å². The Morgan fingerprint density at radius 1 is 0.962 bits per heavy atom. The van der Waals surface area contributed by atoms with Crippen molar-refractivity contribution in [3.63, 3.8) is 0 Å². The van der Waals surface area contributed by atoms with Crippen LogP contribution in [0.2, 0.25) is 0 Å². The second-order valence-electron chi connectivity index (χ2n) is 5.12. The lowest BCUT2D eigenvalue weighted by atomic mass is 10.2. The van der Waals surface area contributed by atoms with Gasteiger partial charge >= 0.3 is 0 Å². The van der Waals surface area contributed by atoms with Crippen molar-refractivity contribution >= 4 is 17.7 Å². The summed E-state index contributed by atoms with van der Waals surface area (Å²) in [6, 6.07) is 11.8. The molecule has 0 radical (unpaired) electrons. The number of halogens is 1. The van der Waals surface area contributed by atoms with E-state index in [1.807, 2.05) is 6.92 Å². The van der Waals surface area contributed by atoms with Crippen LogP contribution >= 0.6 is 0 Å². The molecule has 3 N–H and O–H groups in total. The summed E-state index contributed by atoms with van der Waals surface area (Å²) in [6.07, 6.45) is 0. The van der Waals surface area contributed by atoms with Crippen LogP contribution in [-0.2, 0) is 4.79 Å². The van der Waals surface area contributed by atoms with E-state index < -0.39 is 30.1 Å². The predicted octanol–water partition coefficient (Wildman–Crippen LogP) is 1.42. The van der Waals surface area contributed by atoms with E-state index >= 15 is 0 Å². The van der Waals surface area contributed by atoms with Crippen molar-refractivity contribution in [2.45, 2.75) is 6.92 Å². The maximum absolute atomic E-state index is 13.5. The van der Waals surface area contributed by atoms with Crippen LogP contribution in [0.15, 0.2) is 48.5 Å². The Hall–Kier alpha value is -3.42. The number of amides is 3. The van der Waals surface area contributed by atoms with Gasteiger partial charge in [0.05, 0.1) is 18.7 Å². The Morgan fingerprint density at radius 2 is 1.65 bits per heavy atom. The fraction of sp³-hybridized carbons (Fsp3) is 0.167. The van der Waals surface area contributed by atoms with Crippen molar-refractivity contribution < 1.29 is 23.5 Å². The summed E-state index contributed by atoms with van der Waals surface area (Å²) in [4.78, 5) is 35.4. The fourth-order valence-electron chi connectivity index (χ4n) is 2.01. The summed E-state index contributed by atoms with van der Waals surface area (Å²) in [5.74, 6) is -1.97. The quantitative estimate of drug-likeness (QED) is 0.680. The molecule has 0 aliphatic carbocycles. The molecule has 0 aromatic heterocycles. The van der Waals surface area contributed by atoms with E-state index in [0.717, 1.165) is 6.07 Å². The minimum Gasteiger partial charge on any atom is -0.494 e. The van der Waals surface area contributed by atoms with Crippen LogP contribution in [0.25, 0.3) is 0 Å². The highest BCUT2D eigenvalue weighted by molar-refractivity contribution is 5.98. The highest BCUT2D eigenvalue weighted by atomic mass is 19.1. The number of hydrogen-bond donors (Lipinski definition) is 3. The molecule has 0 bridgehead atoms. The largest absolute Gasteiger partial charge is 0.494 e. The second-order valence-corrected chi connectivity index (χ2v) is 5.12. The molecule has 0 aliphatic rings. The van der Waals surface area contributed by atoms with E-state index in [1.54, 1.807) is 24.3 Å². The summed E-state index contributed by atoms with van der Waals surface area (Å²) in [6.45, 7) is 1.94. The molecular weight excluding hydrogens is 341 g/mol.